The molecule has 0 aliphatic heterocycles. The third-order valence-electron chi connectivity index (χ3n) is 4.16. The second kappa shape index (κ2) is 8.44. The molecule has 0 spiro atoms. The summed E-state index contributed by atoms with van der Waals surface area (Å²) in [5.41, 5.74) is 2.43. The number of nitrogens with one attached hydrogen (secondary N) is 1. The van der Waals surface area contributed by atoms with Gasteiger partial charge >= 0.3 is 0 Å². The van der Waals surface area contributed by atoms with Gasteiger partial charge in [-0.3, -0.25) is 4.68 Å². The average molecular weight is 362 g/mol. The first-order valence-corrected chi connectivity index (χ1v) is 9.59. The SMILES string of the molecule is CCc1nn(CC)c(CNCC(CC)(CC)SC)c1Br. The van der Waals surface area contributed by atoms with Crippen molar-refractivity contribution < 1.29 is 0 Å². The third kappa shape index (κ3) is 4.01. The van der Waals surface area contributed by atoms with E-state index in [0.29, 0.717) is 4.75 Å². The Kier molecular flexibility index (Phi) is 7.62. The fourth-order valence-corrected chi connectivity index (χ4v) is 3.98. The molecule has 0 saturated heterocycles. The lowest BCUT2D eigenvalue weighted by Gasteiger charge is -2.30. The largest absolute Gasteiger partial charge is 0.310 e. The van der Waals surface area contributed by atoms with E-state index in [4.69, 9.17) is 0 Å². The summed E-state index contributed by atoms with van der Waals surface area (Å²) in [4.78, 5) is 0. The standard InChI is InChI=1S/C15H28BrN3S/c1-6-12-14(16)13(19(9-4)18-12)10-17-11-15(7-2,8-3)20-5/h17H,6-11H2,1-5H3. The van der Waals surface area contributed by atoms with Crippen molar-refractivity contribution >= 4 is 27.7 Å². The first-order valence-electron chi connectivity index (χ1n) is 7.57. The fourth-order valence-electron chi connectivity index (χ4n) is 2.46. The molecule has 0 radical (unpaired) electrons. The molecular weight excluding hydrogens is 334 g/mol. The lowest BCUT2D eigenvalue weighted by molar-refractivity contribution is 0.482. The Hall–Kier alpha value is -0.000000000000000111. The molecule has 0 aromatic carbocycles. The van der Waals surface area contributed by atoms with Crippen molar-refractivity contribution in [2.24, 2.45) is 0 Å². The number of thioether (sulfide) groups is 1. The maximum absolute atomic E-state index is 4.65. The Morgan fingerprint density at radius 2 is 1.90 bits per heavy atom. The summed E-state index contributed by atoms with van der Waals surface area (Å²) < 4.78 is 3.64. The number of hydrogen-bond acceptors (Lipinski definition) is 3. The number of aryl methyl sites for hydroxylation is 2. The molecule has 0 fully saturated rings. The van der Waals surface area contributed by atoms with Crippen molar-refractivity contribution in [2.75, 3.05) is 12.8 Å². The van der Waals surface area contributed by atoms with Crippen molar-refractivity contribution in [3.8, 4) is 0 Å². The van der Waals surface area contributed by atoms with Gasteiger partial charge in [0.25, 0.3) is 0 Å². The molecule has 1 N–H and O–H groups in total. The quantitative estimate of drug-likeness (QED) is 0.713. The molecule has 0 unspecified atom stereocenters. The van der Waals surface area contributed by atoms with E-state index >= 15 is 0 Å². The van der Waals surface area contributed by atoms with Gasteiger partial charge in [0.2, 0.25) is 0 Å². The Morgan fingerprint density at radius 1 is 1.25 bits per heavy atom. The molecular formula is C15H28BrN3S. The van der Waals surface area contributed by atoms with Crippen LogP contribution in [0.4, 0.5) is 0 Å². The van der Waals surface area contributed by atoms with Crippen LogP contribution in [-0.4, -0.2) is 27.3 Å². The van der Waals surface area contributed by atoms with Crippen molar-refractivity contribution in [1.82, 2.24) is 15.1 Å². The maximum atomic E-state index is 4.65. The highest BCUT2D eigenvalue weighted by atomic mass is 79.9. The highest BCUT2D eigenvalue weighted by molar-refractivity contribution is 9.10. The van der Waals surface area contributed by atoms with Gasteiger partial charge in [0.1, 0.15) is 0 Å². The molecule has 0 saturated carbocycles. The first kappa shape index (κ1) is 18.1. The minimum Gasteiger partial charge on any atom is -0.310 e. The molecule has 5 heteroatoms. The summed E-state index contributed by atoms with van der Waals surface area (Å²) in [7, 11) is 0. The topological polar surface area (TPSA) is 29.9 Å². The van der Waals surface area contributed by atoms with E-state index in [1.54, 1.807) is 0 Å². The maximum Gasteiger partial charge on any atom is 0.0767 e. The first-order chi connectivity index (χ1) is 9.57. The minimum absolute atomic E-state index is 0.358. The summed E-state index contributed by atoms with van der Waals surface area (Å²) in [6.07, 6.45) is 5.59. The number of rotatable bonds is 9. The van der Waals surface area contributed by atoms with Gasteiger partial charge in [0, 0.05) is 24.4 Å². The van der Waals surface area contributed by atoms with Gasteiger partial charge < -0.3 is 5.32 Å². The van der Waals surface area contributed by atoms with Crippen molar-refractivity contribution in [1.29, 1.82) is 0 Å². The molecule has 0 aliphatic carbocycles. The summed E-state index contributed by atoms with van der Waals surface area (Å²) in [5.74, 6) is 0. The summed E-state index contributed by atoms with van der Waals surface area (Å²) >= 11 is 5.69. The average Bonchev–Trinajstić information content (AvgIpc) is 2.80. The van der Waals surface area contributed by atoms with Crippen LogP contribution in [0.15, 0.2) is 4.47 Å². The molecule has 3 nitrogen and oxygen atoms in total. The van der Waals surface area contributed by atoms with Crippen LogP contribution in [0.1, 0.15) is 51.9 Å². The van der Waals surface area contributed by atoms with Crippen LogP contribution in [0, 0.1) is 0 Å². The van der Waals surface area contributed by atoms with Crippen molar-refractivity contribution in [3.63, 3.8) is 0 Å². The van der Waals surface area contributed by atoms with Crippen LogP contribution in [0.5, 0.6) is 0 Å². The molecule has 0 bridgehead atoms. The number of aromatic nitrogens is 2. The number of hydrogen-bond donors (Lipinski definition) is 1. The number of halogens is 1. The van der Waals surface area contributed by atoms with Gasteiger partial charge in [0.15, 0.2) is 0 Å². The Labute approximate surface area is 136 Å². The van der Waals surface area contributed by atoms with Gasteiger partial charge in [-0.1, -0.05) is 20.8 Å². The zero-order valence-corrected chi connectivity index (χ0v) is 15.8. The zero-order chi connectivity index (χ0) is 15.2. The van der Waals surface area contributed by atoms with Crippen LogP contribution in [0.3, 0.4) is 0 Å². The molecule has 1 aromatic heterocycles. The lowest BCUT2D eigenvalue weighted by atomic mass is 10.0. The second-order valence-electron chi connectivity index (χ2n) is 5.07. The van der Waals surface area contributed by atoms with E-state index in [9.17, 15) is 0 Å². The van der Waals surface area contributed by atoms with Crippen LogP contribution < -0.4 is 5.32 Å². The Balaban J connectivity index is 2.72. The Bertz CT molecular complexity index is 405. The molecule has 1 aromatic rings. The highest BCUT2D eigenvalue weighted by Crippen LogP contribution is 2.30. The predicted octanol–water partition coefficient (Wildman–Crippen LogP) is 4.24. The van der Waals surface area contributed by atoms with Gasteiger partial charge in [-0.2, -0.15) is 16.9 Å². The minimum atomic E-state index is 0.358. The van der Waals surface area contributed by atoms with Crippen molar-refractivity contribution in [3.05, 3.63) is 15.9 Å². The van der Waals surface area contributed by atoms with Crippen molar-refractivity contribution in [2.45, 2.75) is 64.8 Å². The van der Waals surface area contributed by atoms with E-state index in [1.165, 1.54) is 23.0 Å². The molecule has 0 atom stereocenters. The van der Waals surface area contributed by atoms with E-state index < -0.39 is 0 Å². The summed E-state index contributed by atoms with van der Waals surface area (Å²) in [5, 5.41) is 8.28. The molecule has 0 amide bonds. The highest BCUT2D eigenvalue weighted by Gasteiger charge is 2.24. The fraction of sp³-hybridized carbons (Fsp3) is 0.800. The van der Waals surface area contributed by atoms with Crippen LogP contribution in [0.25, 0.3) is 0 Å². The molecule has 0 aliphatic rings. The van der Waals surface area contributed by atoms with E-state index in [0.717, 1.165) is 31.7 Å². The van der Waals surface area contributed by atoms with Crippen LogP contribution in [-0.2, 0) is 19.5 Å². The van der Waals surface area contributed by atoms with Crippen LogP contribution in [0.2, 0.25) is 0 Å². The monoisotopic (exact) mass is 361 g/mol. The molecule has 20 heavy (non-hydrogen) atoms. The smallest absolute Gasteiger partial charge is 0.0767 e. The van der Waals surface area contributed by atoms with Gasteiger partial charge in [-0.05, 0) is 48.4 Å². The van der Waals surface area contributed by atoms with Gasteiger partial charge in [0.05, 0.1) is 15.9 Å². The van der Waals surface area contributed by atoms with E-state index in [-0.39, 0.29) is 0 Å². The molecule has 1 heterocycles. The van der Waals surface area contributed by atoms with E-state index in [1.807, 2.05) is 11.8 Å². The molecule has 1 rings (SSSR count). The van der Waals surface area contributed by atoms with E-state index in [2.05, 4.69) is 65.0 Å². The molecule has 116 valence electrons. The normalized spacial score (nSPS) is 12.1. The lowest BCUT2D eigenvalue weighted by Crippen LogP contribution is -2.36. The number of nitrogens with zero attached hydrogens (tertiary/aromatic N) is 2. The van der Waals surface area contributed by atoms with Gasteiger partial charge in [-0.15, -0.1) is 0 Å². The summed E-state index contributed by atoms with van der Waals surface area (Å²) in [6, 6.07) is 0. The second-order valence-corrected chi connectivity index (χ2v) is 7.14. The van der Waals surface area contributed by atoms with Crippen LogP contribution >= 0.6 is 27.7 Å². The zero-order valence-electron chi connectivity index (χ0n) is 13.4. The third-order valence-corrected chi connectivity index (χ3v) is 6.66. The predicted molar refractivity (Wildman–Crippen MR) is 93.5 cm³/mol. The van der Waals surface area contributed by atoms with Gasteiger partial charge in [-0.25, -0.2) is 0 Å². The summed E-state index contributed by atoms with van der Waals surface area (Å²) in [6.45, 7) is 11.7. The Morgan fingerprint density at radius 3 is 2.35 bits per heavy atom.